The van der Waals surface area contributed by atoms with E-state index in [1.807, 2.05) is 43.4 Å². The predicted octanol–water partition coefficient (Wildman–Crippen LogP) is 2.69. The van der Waals surface area contributed by atoms with Crippen molar-refractivity contribution in [2.75, 3.05) is 49.7 Å². The number of hydrogen-bond donors (Lipinski definition) is 0. The van der Waals surface area contributed by atoms with Crippen molar-refractivity contribution in [1.29, 1.82) is 0 Å². The second kappa shape index (κ2) is 9.39. The lowest BCUT2D eigenvalue weighted by Crippen LogP contribution is -2.45. The Balaban J connectivity index is 1.41. The molecule has 7 heteroatoms. The van der Waals surface area contributed by atoms with Gasteiger partial charge in [-0.3, -0.25) is 9.59 Å². The molecule has 1 fully saturated rings. The molecule has 2 aliphatic rings. The second-order valence-electron chi connectivity index (χ2n) is 7.95. The Labute approximate surface area is 183 Å². The summed E-state index contributed by atoms with van der Waals surface area (Å²) in [6, 6.07) is 15.6. The van der Waals surface area contributed by atoms with Crippen LogP contribution in [-0.4, -0.2) is 62.7 Å². The predicted molar refractivity (Wildman–Crippen MR) is 119 cm³/mol. The Morgan fingerprint density at radius 2 is 1.74 bits per heavy atom. The summed E-state index contributed by atoms with van der Waals surface area (Å²) in [4.78, 5) is 31.2. The first kappa shape index (κ1) is 21.2. The highest BCUT2D eigenvalue weighted by Gasteiger charge is 2.31. The average Bonchev–Trinajstić information content (AvgIpc) is 2.80. The number of nitrogens with zero attached hydrogens (tertiary/aromatic N) is 3. The standard InChI is InChI=1S/C24H29N3O4/c1-18-24(29)27(21-9-5-6-10-22(21)31-18)12-11-23(28)25(2)17-19-7-3-4-8-20(19)26-13-15-30-16-14-26/h3-10,18H,11-17H2,1-2H3/t18-/m0/s1. The summed E-state index contributed by atoms with van der Waals surface area (Å²) in [5.41, 5.74) is 2.98. The van der Waals surface area contributed by atoms with Gasteiger partial charge in [-0.2, -0.15) is 0 Å². The lowest BCUT2D eigenvalue weighted by Gasteiger charge is -2.33. The maximum Gasteiger partial charge on any atom is 0.267 e. The minimum atomic E-state index is -0.553. The van der Waals surface area contributed by atoms with E-state index in [1.165, 1.54) is 0 Å². The number of para-hydroxylation sites is 3. The van der Waals surface area contributed by atoms with Crippen molar-refractivity contribution in [2.24, 2.45) is 0 Å². The zero-order valence-electron chi connectivity index (χ0n) is 18.1. The van der Waals surface area contributed by atoms with Crippen molar-refractivity contribution in [3.8, 4) is 5.75 Å². The fourth-order valence-corrected chi connectivity index (χ4v) is 4.09. The fourth-order valence-electron chi connectivity index (χ4n) is 4.09. The van der Waals surface area contributed by atoms with Crippen LogP contribution in [0.1, 0.15) is 18.9 Å². The normalized spacial score (nSPS) is 18.4. The minimum absolute atomic E-state index is 0.00112. The van der Waals surface area contributed by atoms with Gasteiger partial charge in [0.25, 0.3) is 5.91 Å². The number of ether oxygens (including phenoxy) is 2. The molecule has 0 bridgehead atoms. The van der Waals surface area contributed by atoms with Crippen LogP contribution in [0.2, 0.25) is 0 Å². The molecule has 0 spiro atoms. The van der Waals surface area contributed by atoms with Crippen LogP contribution in [0.4, 0.5) is 11.4 Å². The average molecular weight is 424 g/mol. The second-order valence-corrected chi connectivity index (χ2v) is 7.95. The van der Waals surface area contributed by atoms with Crippen LogP contribution in [-0.2, 0) is 20.9 Å². The van der Waals surface area contributed by atoms with Crippen molar-refractivity contribution in [3.63, 3.8) is 0 Å². The number of anilines is 2. The molecule has 0 unspecified atom stereocenters. The number of carbonyl (C=O) groups is 2. The SMILES string of the molecule is C[C@@H]1Oc2ccccc2N(CCC(=O)N(C)Cc2ccccc2N2CCOCC2)C1=O. The van der Waals surface area contributed by atoms with Crippen molar-refractivity contribution in [2.45, 2.75) is 26.0 Å². The molecule has 0 N–H and O–H groups in total. The molecule has 1 saturated heterocycles. The number of rotatable bonds is 6. The molecule has 164 valence electrons. The molecule has 2 aliphatic heterocycles. The Morgan fingerprint density at radius 1 is 1.06 bits per heavy atom. The van der Waals surface area contributed by atoms with Crippen LogP contribution < -0.4 is 14.5 Å². The third-order valence-corrected chi connectivity index (χ3v) is 5.80. The molecule has 4 rings (SSSR count). The largest absolute Gasteiger partial charge is 0.479 e. The Hall–Kier alpha value is -3.06. The van der Waals surface area contributed by atoms with Crippen molar-refractivity contribution >= 4 is 23.2 Å². The highest BCUT2D eigenvalue weighted by atomic mass is 16.5. The monoisotopic (exact) mass is 423 g/mol. The van der Waals surface area contributed by atoms with Crippen LogP contribution in [0.15, 0.2) is 48.5 Å². The Morgan fingerprint density at radius 3 is 2.52 bits per heavy atom. The molecule has 7 nitrogen and oxygen atoms in total. The first-order valence-corrected chi connectivity index (χ1v) is 10.8. The minimum Gasteiger partial charge on any atom is -0.479 e. The van der Waals surface area contributed by atoms with Crippen molar-refractivity contribution in [1.82, 2.24) is 4.90 Å². The number of amides is 2. The zero-order valence-corrected chi connectivity index (χ0v) is 18.1. The van der Waals surface area contributed by atoms with E-state index in [0.29, 0.717) is 18.8 Å². The van der Waals surface area contributed by atoms with E-state index in [9.17, 15) is 9.59 Å². The van der Waals surface area contributed by atoms with Crippen LogP contribution in [0, 0.1) is 0 Å². The van der Waals surface area contributed by atoms with Gasteiger partial charge in [-0.05, 0) is 30.7 Å². The van der Waals surface area contributed by atoms with Crippen molar-refractivity contribution < 1.29 is 19.1 Å². The molecule has 0 aromatic heterocycles. The van der Waals surface area contributed by atoms with Gasteiger partial charge in [-0.15, -0.1) is 0 Å². The van der Waals surface area contributed by atoms with Gasteiger partial charge < -0.3 is 24.2 Å². The summed E-state index contributed by atoms with van der Waals surface area (Å²) in [6.07, 6.45) is -0.300. The van der Waals surface area contributed by atoms with Crippen LogP contribution in [0.5, 0.6) is 5.75 Å². The van der Waals surface area contributed by atoms with Gasteiger partial charge in [0.2, 0.25) is 5.91 Å². The first-order valence-electron chi connectivity index (χ1n) is 10.8. The molecule has 2 aromatic carbocycles. The molecule has 0 saturated carbocycles. The molecule has 2 aromatic rings. The fraction of sp³-hybridized carbons (Fsp3) is 0.417. The number of fused-ring (bicyclic) bond motifs is 1. The summed E-state index contributed by atoms with van der Waals surface area (Å²) in [5, 5.41) is 0. The lowest BCUT2D eigenvalue weighted by molar-refractivity contribution is -0.130. The number of morpholine rings is 1. The molecule has 1 atom stereocenters. The first-order chi connectivity index (χ1) is 15.0. The van der Waals surface area contributed by atoms with Crippen LogP contribution in [0.3, 0.4) is 0 Å². The summed E-state index contributed by atoms with van der Waals surface area (Å²) >= 11 is 0. The van der Waals surface area contributed by atoms with E-state index in [2.05, 4.69) is 17.0 Å². The third-order valence-electron chi connectivity index (χ3n) is 5.80. The van der Waals surface area contributed by atoms with Gasteiger partial charge in [0.1, 0.15) is 5.75 Å². The molecule has 0 aliphatic carbocycles. The van der Waals surface area contributed by atoms with Gasteiger partial charge in [0.15, 0.2) is 6.10 Å². The van der Waals surface area contributed by atoms with E-state index in [4.69, 9.17) is 9.47 Å². The topological polar surface area (TPSA) is 62.3 Å². The summed E-state index contributed by atoms with van der Waals surface area (Å²) < 4.78 is 11.1. The maximum absolute atomic E-state index is 12.9. The van der Waals surface area contributed by atoms with E-state index in [1.54, 1.807) is 16.7 Å². The number of benzene rings is 2. The molecule has 2 heterocycles. The zero-order chi connectivity index (χ0) is 21.8. The van der Waals surface area contributed by atoms with E-state index >= 15 is 0 Å². The van der Waals surface area contributed by atoms with E-state index < -0.39 is 6.10 Å². The van der Waals surface area contributed by atoms with Crippen molar-refractivity contribution in [3.05, 3.63) is 54.1 Å². The third kappa shape index (κ3) is 4.66. The molecular formula is C24H29N3O4. The Kier molecular flexibility index (Phi) is 6.42. The molecule has 31 heavy (non-hydrogen) atoms. The molecular weight excluding hydrogens is 394 g/mol. The number of hydrogen-bond acceptors (Lipinski definition) is 5. The van der Waals surface area contributed by atoms with Gasteiger partial charge in [0, 0.05) is 45.3 Å². The van der Waals surface area contributed by atoms with Gasteiger partial charge in [0.05, 0.1) is 18.9 Å². The maximum atomic E-state index is 12.9. The molecule has 2 amide bonds. The Bertz CT molecular complexity index is 942. The quantitative estimate of drug-likeness (QED) is 0.715. The van der Waals surface area contributed by atoms with Crippen LogP contribution >= 0.6 is 0 Å². The van der Waals surface area contributed by atoms with Gasteiger partial charge in [-0.1, -0.05) is 30.3 Å². The summed E-state index contributed by atoms with van der Waals surface area (Å²) in [6.45, 7) is 5.74. The number of carbonyl (C=O) groups excluding carboxylic acids is 2. The molecule has 0 radical (unpaired) electrons. The lowest BCUT2D eigenvalue weighted by atomic mass is 10.1. The van der Waals surface area contributed by atoms with Gasteiger partial charge >= 0.3 is 0 Å². The van der Waals surface area contributed by atoms with E-state index in [-0.39, 0.29) is 18.2 Å². The van der Waals surface area contributed by atoms with Crippen LogP contribution in [0.25, 0.3) is 0 Å². The van der Waals surface area contributed by atoms with Gasteiger partial charge in [-0.25, -0.2) is 0 Å². The smallest absolute Gasteiger partial charge is 0.267 e. The summed E-state index contributed by atoms with van der Waals surface area (Å²) in [7, 11) is 1.82. The highest BCUT2D eigenvalue weighted by Crippen LogP contribution is 2.33. The summed E-state index contributed by atoms with van der Waals surface area (Å²) in [5.74, 6) is 0.558. The highest BCUT2D eigenvalue weighted by molar-refractivity contribution is 6.00. The van der Waals surface area contributed by atoms with E-state index in [0.717, 1.165) is 43.2 Å².